The highest BCUT2D eigenvalue weighted by Crippen LogP contribution is 2.16. The van der Waals surface area contributed by atoms with Crippen LogP contribution in [0.3, 0.4) is 0 Å². The Morgan fingerprint density at radius 1 is 1.65 bits per heavy atom. The first-order valence-corrected chi connectivity index (χ1v) is 5.23. The monoisotopic (exact) mass is 260 g/mol. The number of hydrogen-bond donors (Lipinski definition) is 3. The Balaban J connectivity index is 2.66. The number of aliphatic hydroxyl groups is 1. The molecule has 1 atom stereocenters. The number of nitrogens with one attached hydrogen (secondary N) is 1. The molecule has 0 bridgehead atoms. The van der Waals surface area contributed by atoms with E-state index >= 15 is 0 Å². The second-order valence-electron chi connectivity index (χ2n) is 3.32. The Labute approximate surface area is 103 Å². The maximum atomic E-state index is 10.8. The van der Waals surface area contributed by atoms with Crippen LogP contribution >= 0.6 is 11.6 Å². The van der Waals surface area contributed by atoms with Crippen LogP contribution in [0, 0.1) is 0 Å². The van der Waals surface area contributed by atoms with E-state index in [1.54, 1.807) is 0 Å². The Bertz CT molecular complexity index is 400. The average Bonchev–Trinajstić information content (AvgIpc) is 2.28. The lowest BCUT2D eigenvalue weighted by Gasteiger charge is -2.11. The highest BCUT2D eigenvalue weighted by molar-refractivity contribution is 6.33. The SMILES string of the molecule is COCC(O)CNc1ccc(Cl)c(C(=O)O)n1. The van der Waals surface area contributed by atoms with Gasteiger partial charge in [-0.25, -0.2) is 9.78 Å². The maximum Gasteiger partial charge on any atom is 0.356 e. The van der Waals surface area contributed by atoms with Crippen LogP contribution < -0.4 is 5.32 Å². The molecule has 1 heterocycles. The van der Waals surface area contributed by atoms with Gasteiger partial charge in [-0.3, -0.25) is 0 Å². The van der Waals surface area contributed by atoms with E-state index in [0.29, 0.717) is 5.82 Å². The average molecular weight is 261 g/mol. The highest BCUT2D eigenvalue weighted by atomic mass is 35.5. The van der Waals surface area contributed by atoms with Crippen molar-refractivity contribution in [3.63, 3.8) is 0 Å². The van der Waals surface area contributed by atoms with Crippen LogP contribution in [0.25, 0.3) is 0 Å². The van der Waals surface area contributed by atoms with Gasteiger partial charge in [0, 0.05) is 13.7 Å². The first-order valence-electron chi connectivity index (χ1n) is 4.85. The van der Waals surface area contributed by atoms with Gasteiger partial charge in [0.25, 0.3) is 0 Å². The fraction of sp³-hybridized carbons (Fsp3) is 0.400. The zero-order valence-electron chi connectivity index (χ0n) is 9.18. The molecule has 0 radical (unpaired) electrons. The smallest absolute Gasteiger partial charge is 0.356 e. The predicted molar refractivity (Wildman–Crippen MR) is 62.6 cm³/mol. The summed E-state index contributed by atoms with van der Waals surface area (Å²) in [5.74, 6) is -0.863. The van der Waals surface area contributed by atoms with Crippen LogP contribution in [0.15, 0.2) is 12.1 Å². The predicted octanol–water partition coefficient (Wildman–Crippen LogP) is 0.852. The largest absolute Gasteiger partial charge is 0.476 e. The third-order valence-electron chi connectivity index (χ3n) is 1.93. The third-order valence-corrected chi connectivity index (χ3v) is 2.23. The minimum absolute atomic E-state index is 0.0699. The number of hydrogen-bond acceptors (Lipinski definition) is 5. The van der Waals surface area contributed by atoms with Gasteiger partial charge in [-0.05, 0) is 12.1 Å². The quantitative estimate of drug-likeness (QED) is 0.702. The molecule has 1 unspecified atom stereocenters. The molecule has 94 valence electrons. The van der Waals surface area contributed by atoms with Crippen molar-refractivity contribution in [2.24, 2.45) is 0 Å². The van der Waals surface area contributed by atoms with E-state index in [-0.39, 0.29) is 23.9 Å². The van der Waals surface area contributed by atoms with Gasteiger partial charge in [-0.2, -0.15) is 0 Å². The number of pyridine rings is 1. The second-order valence-corrected chi connectivity index (χ2v) is 3.73. The lowest BCUT2D eigenvalue weighted by Crippen LogP contribution is -2.24. The third kappa shape index (κ3) is 4.18. The topological polar surface area (TPSA) is 91.7 Å². The van der Waals surface area contributed by atoms with Crippen molar-refractivity contribution in [1.82, 2.24) is 4.98 Å². The van der Waals surface area contributed by atoms with Crippen molar-refractivity contribution >= 4 is 23.4 Å². The summed E-state index contributed by atoms with van der Waals surface area (Å²) >= 11 is 5.66. The summed E-state index contributed by atoms with van der Waals surface area (Å²) in [6.45, 7) is 0.397. The number of rotatable bonds is 6. The van der Waals surface area contributed by atoms with Crippen LogP contribution in [0.5, 0.6) is 0 Å². The second kappa shape index (κ2) is 6.39. The van der Waals surface area contributed by atoms with Gasteiger partial charge in [0.2, 0.25) is 0 Å². The van der Waals surface area contributed by atoms with Crippen molar-refractivity contribution in [1.29, 1.82) is 0 Å². The van der Waals surface area contributed by atoms with Crippen LogP contribution in [-0.4, -0.2) is 47.5 Å². The summed E-state index contributed by atoms with van der Waals surface area (Å²) in [5, 5.41) is 21.1. The Hall–Kier alpha value is -1.37. The van der Waals surface area contributed by atoms with Gasteiger partial charge >= 0.3 is 5.97 Å². The van der Waals surface area contributed by atoms with E-state index in [1.807, 2.05) is 0 Å². The number of carboxylic acids is 1. The zero-order valence-corrected chi connectivity index (χ0v) is 9.94. The normalized spacial score (nSPS) is 12.2. The maximum absolute atomic E-state index is 10.8. The van der Waals surface area contributed by atoms with Crippen molar-refractivity contribution in [2.75, 3.05) is 25.6 Å². The van der Waals surface area contributed by atoms with Crippen LogP contribution in [-0.2, 0) is 4.74 Å². The highest BCUT2D eigenvalue weighted by Gasteiger charge is 2.11. The number of methoxy groups -OCH3 is 1. The molecule has 0 aliphatic rings. The number of aromatic carboxylic acids is 1. The number of halogens is 1. The van der Waals surface area contributed by atoms with Crippen LogP contribution in [0.2, 0.25) is 5.02 Å². The lowest BCUT2D eigenvalue weighted by molar-refractivity contribution is 0.0691. The zero-order chi connectivity index (χ0) is 12.8. The minimum Gasteiger partial charge on any atom is -0.476 e. The standard InChI is InChI=1S/C10H13ClN2O4/c1-17-5-6(14)4-12-8-3-2-7(11)9(13-8)10(15)16/h2-3,6,14H,4-5H2,1H3,(H,12,13)(H,15,16). The summed E-state index contributed by atoms with van der Waals surface area (Å²) in [5.41, 5.74) is -0.224. The molecular formula is C10H13ClN2O4. The van der Waals surface area contributed by atoms with Gasteiger partial charge in [0.05, 0.1) is 17.7 Å². The van der Waals surface area contributed by atoms with Gasteiger partial charge in [-0.1, -0.05) is 11.6 Å². The molecule has 17 heavy (non-hydrogen) atoms. The molecule has 0 spiro atoms. The van der Waals surface area contributed by atoms with Gasteiger partial charge in [-0.15, -0.1) is 0 Å². The van der Waals surface area contributed by atoms with E-state index in [9.17, 15) is 9.90 Å². The molecule has 0 saturated carbocycles. The number of nitrogens with zero attached hydrogens (tertiary/aromatic N) is 1. The molecule has 1 aromatic rings. The molecule has 1 aromatic heterocycles. The lowest BCUT2D eigenvalue weighted by atomic mass is 10.3. The van der Waals surface area contributed by atoms with Crippen molar-refractivity contribution < 1.29 is 19.7 Å². The first kappa shape index (κ1) is 13.7. The molecule has 0 fully saturated rings. The molecule has 0 aliphatic carbocycles. The number of ether oxygens (including phenoxy) is 1. The molecule has 6 nitrogen and oxygen atoms in total. The Morgan fingerprint density at radius 3 is 2.94 bits per heavy atom. The molecule has 3 N–H and O–H groups in total. The number of aromatic nitrogens is 1. The van der Waals surface area contributed by atoms with E-state index in [4.69, 9.17) is 21.4 Å². The van der Waals surface area contributed by atoms with E-state index in [2.05, 4.69) is 10.3 Å². The van der Waals surface area contributed by atoms with Crippen molar-refractivity contribution in [3.8, 4) is 0 Å². The number of anilines is 1. The minimum atomic E-state index is -1.20. The number of carboxylic acid groups (broad SMARTS) is 1. The summed E-state index contributed by atoms with van der Waals surface area (Å²) in [7, 11) is 1.48. The summed E-state index contributed by atoms with van der Waals surface area (Å²) in [6, 6.07) is 2.97. The molecular weight excluding hydrogens is 248 g/mol. The summed E-state index contributed by atoms with van der Waals surface area (Å²) in [4.78, 5) is 14.6. The fourth-order valence-electron chi connectivity index (χ4n) is 1.16. The van der Waals surface area contributed by atoms with E-state index in [0.717, 1.165) is 0 Å². The van der Waals surface area contributed by atoms with Crippen LogP contribution in [0.1, 0.15) is 10.5 Å². The van der Waals surface area contributed by atoms with Crippen molar-refractivity contribution in [2.45, 2.75) is 6.10 Å². The molecule has 1 rings (SSSR count). The molecule has 7 heteroatoms. The van der Waals surface area contributed by atoms with E-state index in [1.165, 1.54) is 19.2 Å². The molecule has 0 aliphatic heterocycles. The van der Waals surface area contributed by atoms with Gasteiger partial charge in [0.1, 0.15) is 5.82 Å². The number of aliphatic hydroxyl groups excluding tert-OH is 1. The Morgan fingerprint density at radius 2 is 2.35 bits per heavy atom. The van der Waals surface area contributed by atoms with Gasteiger partial charge < -0.3 is 20.3 Å². The van der Waals surface area contributed by atoms with E-state index < -0.39 is 12.1 Å². The van der Waals surface area contributed by atoms with Gasteiger partial charge in [0.15, 0.2) is 5.69 Å². The van der Waals surface area contributed by atoms with Crippen molar-refractivity contribution in [3.05, 3.63) is 22.8 Å². The fourth-order valence-corrected chi connectivity index (χ4v) is 1.35. The first-order chi connectivity index (χ1) is 8.04. The molecule has 0 saturated heterocycles. The summed E-state index contributed by atoms with van der Waals surface area (Å²) < 4.78 is 4.75. The van der Waals surface area contributed by atoms with Crippen LogP contribution in [0.4, 0.5) is 5.82 Å². The molecule has 0 aromatic carbocycles. The Kier molecular flexibility index (Phi) is 5.14. The number of carbonyl (C=O) groups is 1. The summed E-state index contributed by atoms with van der Waals surface area (Å²) in [6.07, 6.45) is -0.689. The molecule has 0 amide bonds.